The third-order valence-electron chi connectivity index (χ3n) is 3.62. The Kier molecular flexibility index (Phi) is 8.57. The molecule has 1 unspecified atom stereocenters. The molecular formula is C16H29IN6O3. The SMILES string of the molecule is CN=C(NCc1noc(C)n1)NC1CCCN(C(=O)OC(C)(C)C)C1.I. The third-order valence-corrected chi connectivity index (χ3v) is 3.62. The second kappa shape index (κ2) is 9.93. The molecule has 1 aromatic heterocycles. The number of hydrogen-bond donors (Lipinski definition) is 2. The Hall–Kier alpha value is -1.59. The predicted molar refractivity (Wildman–Crippen MR) is 109 cm³/mol. The summed E-state index contributed by atoms with van der Waals surface area (Å²) in [6, 6.07) is 0.111. The Labute approximate surface area is 171 Å². The lowest BCUT2D eigenvalue weighted by atomic mass is 10.1. The number of likely N-dealkylation sites (tertiary alicyclic amines) is 1. The quantitative estimate of drug-likeness (QED) is 0.388. The summed E-state index contributed by atoms with van der Waals surface area (Å²) in [5.41, 5.74) is -0.488. The molecule has 0 spiro atoms. The summed E-state index contributed by atoms with van der Waals surface area (Å²) >= 11 is 0. The van der Waals surface area contributed by atoms with Crippen molar-refractivity contribution in [1.29, 1.82) is 0 Å². The lowest BCUT2D eigenvalue weighted by Gasteiger charge is -2.34. The van der Waals surface area contributed by atoms with Gasteiger partial charge in [-0.05, 0) is 33.6 Å². The second-order valence-corrected chi connectivity index (χ2v) is 7.07. The molecule has 10 heteroatoms. The zero-order valence-corrected chi connectivity index (χ0v) is 18.4. The van der Waals surface area contributed by atoms with E-state index in [-0.39, 0.29) is 36.1 Å². The van der Waals surface area contributed by atoms with Gasteiger partial charge in [0.05, 0.1) is 6.54 Å². The molecule has 9 nitrogen and oxygen atoms in total. The number of aliphatic imine (C=N–C) groups is 1. The number of ether oxygens (including phenoxy) is 1. The summed E-state index contributed by atoms with van der Waals surface area (Å²) in [6.07, 6.45) is 1.60. The number of halogens is 1. The maximum atomic E-state index is 12.2. The Morgan fingerprint density at radius 3 is 2.77 bits per heavy atom. The summed E-state index contributed by atoms with van der Waals surface area (Å²) in [5.74, 6) is 1.73. The number of nitrogens with one attached hydrogen (secondary N) is 2. The van der Waals surface area contributed by atoms with Gasteiger partial charge in [-0.1, -0.05) is 5.16 Å². The van der Waals surface area contributed by atoms with Crippen LogP contribution in [-0.2, 0) is 11.3 Å². The number of rotatable bonds is 3. The minimum absolute atomic E-state index is 0. The van der Waals surface area contributed by atoms with Gasteiger partial charge in [0.2, 0.25) is 5.89 Å². The summed E-state index contributed by atoms with van der Waals surface area (Å²) in [6.45, 7) is 9.07. The van der Waals surface area contributed by atoms with E-state index < -0.39 is 5.60 Å². The summed E-state index contributed by atoms with van der Waals surface area (Å²) < 4.78 is 10.4. The van der Waals surface area contributed by atoms with Crippen LogP contribution in [0.1, 0.15) is 45.3 Å². The molecule has 0 aromatic carbocycles. The third kappa shape index (κ3) is 7.34. The zero-order chi connectivity index (χ0) is 18.4. The van der Waals surface area contributed by atoms with Crippen molar-refractivity contribution >= 4 is 36.0 Å². The van der Waals surface area contributed by atoms with Crippen LogP contribution >= 0.6 is 24.0 Å². The average Bonchev–Trinajstić information content (AvgIpc) is 2.95. The van der Waals surface area contributed by atoms with Crippen molar-refractivity contribution in [3.05, 3.63) is 11.7 Å². The van der Waals surface area contributed by atoms with Crippen LogP contribution in [0.5, 0.6) is 0 Å². The van der Waals surface area contributed by atoms with E-state index >= 15 is 0 Å². The van der Waals surface area contributed by atoms with Gasteiger partial charge in [0, 0.05) is 33.1 Å². The van der Waals surface area contributed by atoms with Crippen LogP contribution < -0.4 is 10.6 Å². The fourth-order valence-electron chi connectivity index (χ4n) is 2.55. The molecule has 148 valence electrons. The van der Waals surface area contributed by atoms with Crippen molar-refractivity contribution in [3.63, 3.8) is 0 Å². The Morgan fingerprint density at radius 1 is 1.46 bits per heavy atom. The van der Waals surface area contributed by atoms with E-state index in [4.69, 9.17) is 9.26 Å². The van der Waals surface area contributed by atoms with Gasteiger partial charge in [0.15, 0.2) is 11.8 Å². The number of aromatic nitrogens is 2. The van der Waals surface area contributed by atoms with Crippen molar-refractivity contribution in [2.75, 3.05) is 20.1 Å². The first kappa shape index (κ1) is 22.5. The smallest absolute Gasteiger partial charge is 0.410 e. The van der Waals surface area contributed by atoms with Gasteiger partial charge >= 0.3 is 6.09 Å². The number of hydrogen-bond acceptors (Lipinski definition) is 6. The van der Waals surface area contributed by atoms with Crippen LogP contribution in [-0.4, -0.2) is 58.9 Å². The summed E-state index contributed by atoms with van der Waals surface area (Å²) in [7, 11) is 1.70. The van der Waals surface area contributed by atoms with E-state index in [9.17, 15) is 4.79 Å². The molecule has 1 aliphatic rings. The Balaban J connectivity index is 0.00000338. The largest absolute Gasteiger partial charge is 0.444 e. The summed E-state index contributed by atoms with van der Waals surface area (Å²) in [4.78, 5) is 22.3. The number of carbonyl (C=O) groups is 1. The fourth-order valence-corrected chi connectivity index (χ4v) is 2.55. The van der Waals surface area contributed by atoms with Gasteiger partial charge in [-0.3, -0.25) is 4.99 Å². The van der Waals surface area contributed by atoms with Gasteiger partial charge in [0.25, 0.3) is 0 Å². The van der Waals surface area contributed by atoms with Crippen molar-refractivity contribution in [3.8, 4) is 0 Å². The number of amides is 1. The molecule has 0 saturated carbocycles. The number of carbonyl (C=O) groups excluding carboxylic acids is 1. The van der Waals surface area contributed by atoms with Crippen LogP contribution in [0.3, 0.4) is 0 Å². The normalized spacial score (nSPS) is 18.1. The maximum absolute atomic E-state index is 12.2. The summed E-state index contributed by atoms with van der Waals surface area (Å²) in [5, 5.41) is 10.3. The van der Waals surface area contributed by atoms with Crippen molar-refractivity contribution in [2.45, 2.75) is 58.7 Å². The molecular weight excluding hydrogens is 451 g/mol. The number of nitrogens with zero attached hydrogens (tertiary/aromatic N) is 4. The molecule has 1 saturated heterocycles. The molecule has 2 heterocycles. The maximum Gasteiger partial charge on any atom is 0.410 e. The molecule has 2 rings (SSSR count). The highest BCUT2D eigenvalue weighted by Gasteiger charge is 2.28. The van der Waals surface area contributed by atoms with Gasteiger partial charge in [-0.25, -0.2) is 4.79 Å². The van der Waals surface area contributed by atoms with Gasteiger partial charge < -0.3 is 24.8 Å². The van der Waals surface area contributed by atoms with Crippen LogP contribution in [0.4, 0.5) is 4.79 Å². The van der Waals surface area contributed by atoms with Crippen LogP contribution in [0.25, 0.3) is 0 Å². The molecule has 1 aromatic rings. The predicted octanol–water partition coefficient (Wildman–Crippen LogP) is 2.06. The van der Waals surface area contributed by atoms with Gasteiger partial charge in [-0.15, -0.1) is 24.0 Å². The molecule has 1 aliphatic heterocycles. The number of aryl methyl sites for hydroxylation is 1. The number of piperidine rings is 1. The Morgan fingerprint density at radius 2 is 2.19 bits per heavy atom. The standard InChI is InChI=1S/C16H28N6O3.HI/c1-11-19-13(21-25-11)9-18-14(17-5)20-12-7-6-8-22(10-12)15(23)24-16(2,3)4;/h12H,6-10H2,1-5H3,(H2,17,18,20);1H. The lowest BCUT2D eigenvalue weighted by molar-refractivity contribution is 0.0193. The molecule has 26 heavy (non-hydrogen) atoms. The fraction of sp³-hybridized carbons (Fsp3) is 0.750. The average molecular weight is 480 g/mol. The van der Waals surface area contributed by atoms with E-state index in [1.807, 2.05) is 20.8 Å². The second-order valence-electron chi connectivity index (χ2n) is 7.07. The van der Waals surface area contributed by atoms with Crippen molar-refractivity contribution in [1.82, 2.24) is 25.7 Å². The highest BCUT2D eigenvalue weighted by molar-refractivity contribution is 14.0. The first-order valence-corrected chi connectivity index (χ1v) is 8.51. The first-order chi connectivity index (χ1) is 11.8. The molecule has 1 fully saturated rings. The molecule has 1 amide bonds. The van der Waals surface area contributed by atoms with Crippen molar-refractivity contribution in [2.24, 2.45) is 4.99 Å². The van der Waals surface area contributed by atoms with Crippen molar-refractivity contribution < 1.29 is 14.1 Å². The first-order valence-electron chi connectivity index (χ1n) is 8.51. The minimum atomic E-state index is -0.488. The van der Waals surface area contributed by atoms with E-state index in [0.29, 0.717) is 37.3 Å². The van der Waals surface area contributed by atoms with Crippen LogP contribution in [0.15, 0.2) is 9.52 Å². The molecule has 2 N–H and O–H groups in total. The van der Waals surface area contributed by atoms with Gasteiger partial charge in [0.1, 0.15) is 5.60 Å². The monoisotopic (exact) mass is 480 g/mol. The minimum Gasteiger partial charge on any atom is -0.444 e. The van der Waals surface area contributed by atoms with E-state index in [0.717, 1.165) is 12.8 Å². The van der Waals surface area contributed by atoms with Gasteiger partial charge in [-0.2, -0.15) is 4.98 Å². The highest BCUT2D eigenvalue weighted by atomic mass is 127. The molecule has 0 radical (unpaired) electrons. The lowest BCUT2D eigenvalue weighted by Crippen LogP contribution is -2.53. The molecule has 0 bridgehead atoms. The van der Waals surface area contributed by atoms with Crippen LogP contribution in [0.2, 0.25) is 0 Å². The van der Waals surface area contributed by atoms with E-state index in [1.54, 1.807) is 18.9 Å². The van der Waals surface area contributed by atoms with E-state index in [2.05, 4.69) is 25.8 Å². The molecule has 1 atom stereocenters. The molecule has 0 aliphatic carbocycles. The van der Waals surface area contributed by atoms with E-state index in [1.165, 1.54) is 0 Å². The number of guanidine groups is 1. The highest BCUT2D eigenvalue weighted by Crippen LogP contribution is 2.15. The topological polar surface area (TPSA) is 105 Å². The zero-order valence-electron chi connectivity index (χ0n) is 16.0. The Bertz CT molecular complexity index is 613. The van der Waals surface area contributed by atoms with Crippen LogP contribution in [0, 0.1) is 6.92 Å².